The molecule has 1 unspecified atom stereocenters. The van der Waals surface area contributed by atoms with Gasteiger partial charge in [-0.05, 0) is 110 Å². The smallest absolute Gasteiger partial charge is 0.317 e. The fourth-order valence-electron chi connectivity index (χ4n) is 7.89. The fourth-order valence-corrected chi connectivity index (χ4v) is 7.89. The third-order valence-corrected chi connectivity index (χ3v) is 11.3. The van der Waals surface area contributed by atoms with Crippen molar-refractivity contribution < 1.29 is 28.9 Å². The third kappa shape index (κ3) is 11.7. The molecule has 0 spiro atoms. The molecule has 4 N–H and O–H groups in total. The number of amides is 1. The van der Waals surface area contributed by atoms with Crippen LogP contribution in [0.25, 0.3) is 10.9 Å². The number of hydrogen-bond donors (Lipinski definition) is 4. The molecule has 0 radical (unpaired) electrons. The van der Waals surface area contributed by atoms with E-state index in [1.165, 1.54) is 11.6 Å². The summed E-state index contributed by atoms with van der Waals surface area (Å²) in [7, 11) is 1.58. The van der Waals surface area contributed by atoms with Crippen LogP contribution in [0.3, 0.4) is 0 Å². The van der Waals surface area contributed by atoms with E-state index in [-0.39, 0.29) is 23.2 Å². The molecule has 1 aliphatic rings. The molecule has 0 saturated carbocycles. The lowest BCUT2D eigenvalue weighted by Crippen LogP contribution is -2.35. The van der Waals surface area contributed by atoms with Crippen LogP contribution in [0, 0.1) is 5.92 Å². The molecule has 1 amide bonds. The van der Waals surface area contributed by atoms with Gasteiger partial charge in [-0.15, -0.1) is 0 Å². The number of likely N-dealkylation sites (tertiary alicyclic amines) is 1. The van der Waals surface area contributed by atoms with Crippen LogP contribution in [-0.4, -0.2) is 73.4 Å². The Hall–Kier alpha value is -6.43. The molecular formula is C50H54N4O7. The summed E-state index contributed by atoms with van der Waals surface area (Å²) in [6.45, 7) is 5.28. The summed E-state index contributed by atoms with van der Waals surface area (Å²) in [5.74, 6) is 0.565. The first kappa shape index (κ1) is 42.7. The number of ether oxygens (including phenoxy) is 3. The van der Waals surface area contributed by atoms with E-state index in [1.807, 2.05) is 72.8 Å². The van der Waals surface area contributed by atoms with E-state index in [2.05, 4.69) is 44.8 Å². The minimum atomic E-state index is -0.582. The number of phenols is 1. The summed E-state index contributed by atoms with van der Waals surface area (Å²) in [6, 6.07) is 39.9. The SMILES string of the molecule is COc1cc(C(=O)NCCCOc2cccc(C(C(=O)OCC3CCN(Cc4ccccc4)CC3)c3ccccc3)c2)ccc1CNCCc1ccc(O)c2[nH]c(=O)ccc12. The standard InChI is InChI=1S/C50H54N4O7/c1-59-45-31-40(16-17-41(45)32-51-26-22-37-18-20-44(55)48-43(37)19-21-46(56)53-48)49(57)52-25-9-29-60-42-15-8-14-39(30-42)47(38-12-6-3-7-13-38)50(58)61-34-36-23-27-54(28-24-36)33-35-10-4-2-5-11-35/h2-8,10-21,30-31,36,47,51,55H,9,22-29,32-34H2,1H3,(H,52,57)(H,53,56). The van der Waals surface area contributed by atoms with Crippen LogP contribution in [0.4, 0.5) is 0 Å². The van der Waals surface area contributed by atoms with Crippen LogP contribution in [0.1, 0.15) is 63.4 Å². The van der Waals surface area contributed by atoms with Crippen LogP contribution in [0.5, 0.6) is 17.2 Å². The average molecular weight is 823 g/mol. The van der Waals surface area contributed by atoms with Crippen molar-refractivity contribution in [2.24, 2.45) is 5.92 Å². The molecule has 1 atom stereocenters. The zero-order chi connectivity index (χ0) is 42.4. The molecule has 11 heteroatoms. The van der Waals surface area contributed by atoms with Gasteiger partial charge in [0.05, 0.1) is 25.8 Å². The van der Waals surface area contributed by atoms with Gasteiger partial charge in [-0.3, -0.25) is 19.3 Å². The molecule has 316 valence electrons. The number of phenolic OH excluding ortho intramolecular Hbond substituents is 1. The Kier molecular flexibility index (Phi) is 14.8. The van der Waals surface area contributed by atoms with Gasteiger partial charge >= 0.3 is 5.97 Å². The first-order valence-corrected chi connectivity index (χ1v) is 21.0. The zero-order valence-electron chi connectivity index (χ0n) is 34.6. The number of aromatic amines is 1. The summed E-state index contributed by atoms with van der Waals surface area (Å²) < 4.78 is 17.8. The summed E-state index contributed by atoms with van der Waals surface area (Å²) in [5, 5.41) is 17.4. The van der Waals surface area contributed by atoms with E-state index < -0.39 is 5.92 Å². The number of nitrogens with zero attached hydrogens (tertiary/aromatic N) is 1. The van der Waals surface area contributed by atoms with Crippen molar-refractivity contribution in [1.29, 1.82) is 0 Å². The van der Waals surface area contributed by atoms with Crippen LogP contribution >= 0.6 is 0 Å². The second-order valence-corrected chi connectivity index (χ2v) is 15.5. The molecule has 0 aliphatic carbocycles. The summed E-state index contributed by atoms with van der Waals surface area (Å²) >= 11 is 0. The summed E-state index contributed by atoms with van der Waals surface area (Å²) in [6.07, 6.45) is 3.25. The van der Waals surface area contributed by atoms with Gasteiger partial charge in [-0.1, -0.05) is 84.9 Å². The number of esters is 1. The highest BCUT2D eigenvalue weighted by Crippen LogP contribution is 2.30. The number of fused-ring (bicyclic) bond motifs is 1. The summed E-state index contributed by atoms with van der Waals surface area (Å²) in [5.41, 5.74) is 5.56. The van der Waals surface area contributed by atoms with Crippen LogP contribution in [-0.2, 0) is 29.0 Å². The minimum Gasteiger partial charge on any atom is -0.506 e. The number of hydrogen-bond acceptors (Lipinski definition) is 9. The number of carbonyl (C=O) groups excluding carboxylic acids is 2. The lowest BCUT2D eigenvalue weighted by Gasteiger charge is -2.32. The van der Waals surface area contributed by atoms with Crippen molar-refractivity contribution >= 4 is 22.8 Å². The fraction of sp³-hybridized carbons (Fsp3) is 0.300. The molecular weight excluding hydrogens is 769 g/mol. The van der Waals surface area contributed by atoms with Gasteiger partial charge in [-0.2, -0.15) is 0 Å². The van der Waals surface area contributed by atoms with E-state index in [0.717, 1.165) is 60.1 Å². The number of nitrogens with one attached hydrogen (secondary N) is 3. The van der Waals surface area contributed by atoms with Crippen molar-refractivity contribution in [3.05, 3.63) is 171 Å². The second-order valence-electron chi connectivity index (χ2n) is 15.5. The first-order chi connectivity index (χ1) is 29.8. The summed E-state index contributed by atoms with van der Waals surface area (Å²) in [4.78, 5) is 43.7. The maximum absolute atomic E-state index is 13.8. The van der Waals surface area contributed by atoms with E-state index in [1.54, 1.807) is 31.4 Å². The zero-order valence-corrected chi connectivity index (χ0v) is 34.6. The Morgan fingerprint density at radius 3 is 2.38 bits per heavy atom. The Morgan fingerprint density at radius 1 is 0.836 bits per heavy atom. The second kappa shape index (κ2) is 21.2. The number of pyridine rings is 1. The van der Waals surface area contributed by atoms with Crippen molar-refractivity contribution in [2.75, 3.05) is 46.5 Å². The molecule has 11 nitrogen and oxygen atoms in total. The Bertz CT molecular complexity index is 2430. The normalized spacial score (nSPS) is 13.7. The molecule has 1 saturated heterocycles. The maximum atomic E-state index is 13.8. The Morgan fingerprint density at radius 2 is 1.59 bits per heavy atom. The number of methoxy groups -OCH3 is 1. The number of benzene rings is 5. The highest BCUT2D eigenvalue weighted by atomic mass is 16.5. The van der Waals surface area contributed by atoms with E-state index in [9.17, 15) is 19.5 Å². The molecule has 1 fully saturated rings. The molecule has 61 heavy (non-hydrogen) atoms. The molecule has 1 aromatic heterocycles. The van der Waals surface area contributed by atoms with E-state index in [4.69, 9.17) is 14.2 Å². The van der Waals surface area contributed by atoms with Crippen molar-refractivity contribution in [2.45, 2.75) is 44.7 Å². The van der Waals surface area contributed by atoms with Crippen molar-refractivity contribution in [1.82, 2.24) is 20.5 Å². The molecule has 7 rings (SSSR count). The van der Waals surface area contributed by atoms with Gasteiger partial charge < -0.3 is 34.9 Å². The molecule has 5 aromatic carbocycles. The number of rotatable bonds is 19. The largest absolute Gasteiger partial charge is 0.506 e. The van der Waals surface area contributed by atoms with E-state index >= 15 is 0 Å². The van der Waals surface area contributed by atoms with Gasteiger partial charge in [0.2, 0.25) is 5.56 Å². The van der Waals surface area contributed by atoms with E-state index in [0.29, 0.717) is 74.2 Å². The van der Waals surface area contributed by atoms with Gasteiger partial charge in [-0.25, -0.2) is 0 Å². The van der Waals surface area contributed by atoms with Crippen LogP contribution in [0.15, 0.2) is 132 Å². The van der Waals surface area contributed by atoms with Crippen LogP contribution in [0.2, 0.25) is 0 Å². The number of H-pyrrole nitrogens is 1. The predicted octanol–water partition coefficient (Wildman–Crippen LogP) is 7.36. The number of aromatic nitrogens is 1. The molecule has 1 aliphatic heterocycles. The van der Waals surface area contributed by atoms with Gasteiger partial charge in [0, 0.05) is 42.2 Å². The highest BCUT2D eigenvalue weighted by molar-refractivity contribution is 5.94. The Balaban J connectivity index is 0.856. The molecule has 6 aromatic rings. The minimum absolute atomic E-state index is 0.0406. The Labute approximate surface area is 356 Å². The highest BCUT2D eigenvalue weighted by Gasteiger charge is 2.27. The molecule has 0 bridgehead atoms. The van der Waals surface area contributed by atoms with Crippen molar-refractivity contribution in [3.63, 3.8) is 0 Å². The molecule has 2 heterocycles. The van der Waals surface area contributed by atoms with Gasteiger partial charge in [0.1, 0.15) is 23.2 Å². The average Bonchev–Trinajstić information content (AvgIpc) is 3.29. The quantitative estimate of drug-likeness (QED) is 0.0487. The third-order valence-electron chi connectivity index (χ3n) is 11.3. The monoisotopic (exact) mass is 822 g/mol. The number of carbonyl (C=O) groups is 2. The van der Waals surface area contributed by atoms with Crippen molar-refractivity contribution in [3.8, 4) is 17.2 Å². The first-order valence-electron chi connectivity index (χ1n) is 21.0. The lowest BCUT2D eigenvalue weighted by atomic mass is 9.91. The van der Waals surface area contributed by atoms with Gasteiger partial charge in [0.15, 0.2) is 0 Å². The van der Waals surface area contributed by atoms with Gasteiger partial charge in [0.25, 0.3) is 5.91 Å². The maximum Gasteiger partial charge on any atom is 0.317 e. The predicted molar refractivity (Wildman–Crippen MR) is 237 cm³/mol. The number of piperidine rings is 1. The number of aromatic hydroxyl groups is 1. The topological polar surface area (TPSA) is 142 Å². The van der Waals surface area contributed by atoms with Crippen LogP contribution < -0.4 is 25.7 Å². The lowest BCUT2D eigenvalue weighted by molar-refractivity contribution is -0.146.